The van der Waals surface area contributed by atoms with Crippen molar-refractivity contribution < 1.29 is 39.8 Å². The Morgan fingerprint density at radius 2 is 1.77 bits per heavy atom. The third-order valence-corrected chi connectivity index (χ3v) is 9.53. The number of pyridine rings is 1. The number of aromatic nitrogens is 3. The molecule has 0 unspecified atom stereocenters. The topological polar surface area (TPSA) is 133 Å². The summed E-state index contributed by atoms with van der Waals surface area (Å²) in [4.78, 5) is 3.29. The zero-order valence-corrected chi connectivity index (χ0v) is 26.7. The van der Waals surface area contributed by atoms with Gasteiger partial charge in [0.05, 0.1) is 23.2 Å². The number of ether oxygens (including phenoxy) is 2. The van der Waals surface area contributed by atoms with Crippen LogP contribution in [0.15, 0.2) is 41.4 Å². The Morgan fingerprint density at radius 3 is 2.43 bits per heavy atom. The lowest BCUT2D eigenvalue weighted by molar-refractivity contribution is -0.0500. The van der Waals surface area contributed by atoms with Gasteiger partial charge in [0.25, 0.3) is 10.0 Å². The number of methoxy groups -OCH3 is 1. The number of nitrogen functional groups attached to an aromatic ring is 1. The number of alkyl halides is 2. The zero-order chi connectivity index (χ0) is 34.0. The fourth-order valence-corrected chi connectivity index (χ4v) is 7.08. The Morgan fingerprint density at radius 1 is 1.04 bits per heavy atom. The molecular weight excluding hydrogens is 647 g/mol. The summed E-state index contributed by atoms with van der Waals surface area (Å²) in [6.45, 7) is 1.85. The van der Waals surface area contributed by atoms with Gasteiger partial charge in [-0.15, -0.1) is 0 Å². The highest BCUT2D eigenvalue weighted by Crippen LogP contribution is 2.42. The number of fused-ring (bicyclic) bond motifs is 1. The van der Waals surface area contributed by atoms with Crippen molar-refractivity contribution in [3.05, 3.63) is 59.5 Å². The summed E-state index contributed by atoms with van der Waals surface area (Å²) in [5.74, 6) is -4.05. The summed E-state index contributed by atoms with van der Waals surface area (Å²) in [5, 5.41) is 8.47. The van der Waals surface area contributed by atoms with Crippen LogP contribution in [0.5, 0.6) is 5.75 Å². The van der Waals surface area contributed by atoms with Crippen molar-refractivity contribution in [2.24, 2.45) is 0 Å². The summed E-state index contributed by atoms with van der Waals surface area (Å²) in [7, 11) is -3.26. The first kappa shape index (κ1) is 34.3. The van der Waals surface area contributed by atoms with Crippen LogP contribution in [-0.4, -0.2) is 56.1 Å². The number of rotatable bonds is 12. The number of benzene rings is 2. The van der Waals surface area contributed by atoms with E-state index in [9.17, 15) is 21.6 Å². The van der Waals surface area contributed by atoms with Crippen LogP contribution in [0, 0.1) is 17.5 Å². The first-order valence-corrected chi connectivity index (χ1v) is 16.4. The van der Waals surface area contributed by atoms with E-state index in [0.717, 1.165) is 49.9 Å². The van der Waals surface area contributed by atoms with Crippen molar-refractivity contribution in [2.45, 2.75) is 69.0 Å². The largest absolute Gasteiger partial charge is 0.435 e. The Kier molecular flexibility index (Phi) is 10.2. The highest BCUT2D eigenvalue weighted by Gasteiger charge is 2.30. The minimum atomic E-state index is -4.91. The highest BCUT2D eigenvalue weighted by atomic mass is 32.2. The number of nitrogens with one attached hydrogen (secondary N) is 2. The summed E-state index contributed by atoms with van der Waals surface area (Å²) in [6, 6.07) is 3.41. The summed E-state index contributed by atoms with van der Waals surface area (Å²) < 4.78 is 109. The SMILES string of the molecule is COCCNC1CCC(c2cnc(N)c3c(-c4cc(F)c(NS(=O)(=O)c5cc(OC(F)F)ccc5F)cc4F)nn(C(C)C)c23)CC1. The Balaban J connectivity index is 1.50. The molecule has 5 rings (SSSR count). The second-order valence-electron chi connectivity index (χ2n) is 11.6. The highest BCUT2D eigenvalue weighted by molar-refractivity contribution is 7.92. The van der Waals surface area contributed by atoms with Crippen LogP contribution in [0.2, 0.25) is 0 Å². The van der Waals surface area contributed by atoms with Crippen LogP contribution in [-0.2, 0) is 14.8 Å². The summed E-state index contributed by atoms with van der Waals surface area (Å²) >= 11 is 0. The Labute approximate surface area is 268 Å². The molecular formula is C31H35F5N6O4S. The molecule has 16 heteroatoms. The maximum atomic E-state index is 15.8. The lowest BCUT2D eigenvalue weighted by Crippen LogP contribution is -2.34. The molecule has 0 amide bonds. The molecule has 2 heterocycles. The van der Waals surface area contributed by atoms with Crippen molar-refractivity contribution in [3.63, 3.8) is 0 Å². The average Bonchev–Trinajstić information content (AvgIpc) is 3.42. The molecule has 4 aromatic rings. The third kappa shape index (κ3) is 7.28. The van der Waals surface area contributed by atoms with Crippen LogP contribution in [0.1, 0.15) is 57.1 Å². The second-order valence-corrected chi connectivity index (χ2v) is 13.2. The third-order valence-electron chi connectivity index (χ3n) is 8.15. The molecule has 0 saturated heterocycles. The van der Waals surface area contributed by atoms with Crippen LogP contribution in [0.25, 0.3) is 22.2 Å². The van der Waals surface area contributed by atoms with E-state index in [1.54, 1.807) is 22.7 Å². The maximum Gasteiger partial charge on any atom is 0.387 e. The molecule has 2 aromatic heterocycles. The first-order valence-electron chi connectivity index (χ1n) is 15.0. The van der Waals surface area contributed by atoms with E-state index in [2.05, 4.69) is 20.1 Å². The predicted molar refractivity (Wildman–Crippen MR) is 166 cm³/mol. The lowest BCUT2D eigenvalue weighted by atomic mass is 9.81. The van der Waals surface area contributed by atoms with E-state index in [4.69, 9.17) is 10.5 Å². The van der Waals surface area contributed by atoms with E-state index in [-0.39, 0.29) is 29.0 Å². The molecule has 47 heavy (non-hydrogen) atoms. The zero-order valence-electron chi connectivity index (χ0n) is 25.9. The van der Waals surface area contributed by atoms with Crippen molar-refractivity contribution in [3.8, 4) is 17.0 Å². The maximum absolute atomic E-state index is 15.8. The van der Waals surface area contributed by atoms with E-state index in [1.165, 1.54) is 0 Å². The van der Waals surface area contributed by atoms with Gasteiger partial charge < -0.3 is 20.5 Å². The van der Waals surface area contributed by atoms with Crippen LogP contribution in [0.4, 0.5) is 33.5 Å². The minimum absolute atomic E-state index is 0.0177. The quantitative estimate of drug-likeness (QED) is 0.116. The molecule has 0 aliphatic heterocycles. The summed E-state index contributed by atoms with van der Waals surface area (Å²) in [6.07, 6.45) is 5.28. The van der Waals surface area contributed by atoms with Crippen molar-refractivity contribution in [1.29, 1.82) is 0 Å². The van der Waals surface area contributed by atoms with Gasteiger partial charge in [-0.25, -0.2) is 26.6 Å². The van der Waals surface area contributed by atoms with Crippen molar-refractivity contribution in [2.75, 3.05) is 30.7 Å². The smallest absolute Gasteiger partial charge is 0.387 e. The van der Waals surface area contributed by atoms with Crippen LogP contribution in [0.3, 0.4) is 0 Å². The molecule has 1 saturated carbocycles. The molecule has 0 bridgehead atoms. The van der Waals surface area contributed by atoms with E-state index in [0.29, 0.717) is 41.8 Å². The molecule has 0 atom stereocenters. The number of anilines is 2. The van der Waals surface area contributed by atoms with Crippen molar-refractivity contribution in [1.82, 2.24) is 20.1 Å². The fourth-order valence-electron chi connectivity index (χ4n) is 5.93. The van der Waals surface area contributed by atoms with Gasteiger partial charge in [-0.2, -0.15) is 13.9 Å². The number of nitrogens with two attached hydrogens (primary N) is 1. The number of sulfonamides is 1. The van der Waals surface area contributed by atoms with Gasteiger partial charge in [0, 0.05) is 49.6 Å². The molecule has 1 aliphatic carbocycles. The minimum Gasteiger partial charge on any atom is -0.435 e. The monoisotopic (exact) mass is 682 g/mol. The Hall–Kier alpha value is -4.02. The fraction of sp³-hybridized carbons (Fsp3) is 0.419. The predicted octanol–water partition coefficient (Wildman–Crippen LogP) is 6.34. The van der Waals surface area contributed by atoms with E-state index in [1.807, 2.05) is 13.8 Å². The average molecular weight is 683 g/mol. The summed E-state index contributed by atoms with van der Waals surface area (Å²) in [5.41, 5.74) is 6.75. The van der Waals surface area contributed by atoms with Crippen LogP contribution >= 0.6 is 0 Å². The number of hydrogen-bond acceptors (Lipinski definition) is 8. The van der Waals surface area contributed by atoms with Gasteiger partial charge in [0.15, 0.2) is 0 Å². The first-order chi connectivity index (χ1) is 22.3. The normalized spacial score (nSPS) is 17.1. The van der Waals surface area contributed by atoms with Gasteiger partial charge in [-0.1, -0.05) is 0 Å². The Bertz CT molecular complexity index is 1860. The van der Waals surface area contributed by atoms with Gasteiger partial charge in [0.1, 0.15) is 39.6 Å². The number of hydrogen-bond donors (Lipinski definition) is 3. The molecule has 10 nitrogen and oxygen atoms in total. The molecule has 4 N–H and O–H groups in total. The standard InChI is InChI=1S/C31H35F5N6O4S/c1-16(2)42-29-21(17-4-6-18(7-5-17)38-10-11-45-3)15-39-30(37)27(29)28(40-42)20-13-24(34)25(14-23(20)33)41-47(43,44)26-12-19(46-31(35)36)8-9-22(26)32/h8-9,12-18,31,38,41H,4-7,10-11H2,1-3H3,(H2,37,39). The van der Waals surface area contributed by atoms with Crippen LogP contribution < -0.4 is 20.5 Å². The van der Waals surface area contributed by atoms with Gasteiger partial charge >= 0.3 is 6.61 Å². The van der Waals surface area contributed by atoms with Crippen molar-refractivity contribution >= 4 is 32.4 Å². The molecule has 0 radical (unpaired) electrons. The van der Waals surface area contributed by atoms with E-state index < -0.39 is 50.4 Å². The van der Waals surface area contributed by atoms with Gasteiger partial charge in [-0.05, 0) is 69.2 Å². The molecule has 254 valence electrons. The molecule has 0 spiro atoms. The van der Waals surface area contributed by atoms with Gasteiger partial charge in [0.2, 0.25) is 0 Å². The lowest BCUT2D eigenvalue weighted by Gasteiger charge is -2.30. The van der Waals surface area contributed by atoms with E-state index >= 15 is 8.78 Å². The molecule has 1 aliphatic rings. The van der Waals surface area contributed by atoms with Gasteiger partial charge in [-0.3, -0.25) is 9.40 Å². The number of halogens is 5. The molecule has 2 aromatic carbocycles. The second kappa shape index (κ2) is 14.0. The number of nitrogens with zero attached hydrogens (tertiary/aromatic N) is 3. The molecule has 1 fully saturated rings.